The van der Waals surface area contributed by atoms with Crippen LogP contribution < -0.4 is 0 Å². The monoisotopic (exact) mass is 684 g/mol. The fourth-order valence-corrected chi connectivity index (χ4v) is 9.29. The summed E-state index contributed by atoms with van der Waals surface area (Å²) in [4.78, 5) is 0. The van der Waals surface area contributed by atoms with Crippen LogP contribution in [0, 0.1) is 0 Å². The van der Waals surface area contributed by atoms with E-state index in [2.05, 4.69) is 203 Å². The maximum Gasteiger partial charge on any atom is 0.0547 e. The van der Waals surface area contributed by atoms with Crippen LogP contribution in [0.25, 0.3) is 110 Å². The molecule has 2 nitrogen and oxygen atoms in total. The highest BCUT2D eigenvalue weighted by molar-refractivity contribution is 6.30. The van der Waals surface area contributed by atoms with Gasteiger partial charge in [-0.15, -0.1) is 0 Å². The van der Waals surface area contributed by atoms with Crippen LogP contribution in [0.2, 0.25) is 0 Å². The molecule has 0 atom stereocenters. The number of fused-ring (bicyclic) bond motifs is 6. The topological polar surface area (TPSA) is 9.86 Å². The van der Waals surface area contributed by atoms with Crippen molar-refractivity contribution in [3.8, 4) is 55.9 Å². The molecule has 0 N–H and O–H groups in total. The molecule has 54 heavy (non-hydrogen) atoms. The third kappa shape index (κ3) is 4.11. The standard InChI is InChI=1S/C52H32N2/c1-2-11-33(12-3-1)37-31-36-25-30-49-52-50(36)45(32-37)41-14-5-4-13-40(41)44-17-10-20-48(51(44)52)54(49)39-28-23-35(24-29-39)34-21-26-38(27-22-34)53-46-18-8-6-15-42(46)43-16-7-9-19-47(43)53/h1-32H. The minimum absolute atomic E-state index is 1.16. The normalized spacial score (nSPS) is 12.1. The predicted octanol–water partition coefficient (Wildman–Crippen LogP) is 14.0. The van der Waals surface area contributed by atoms with Crippen LogP contribution in [-0.2, 0) is 0 Å². The Bertz CT molecular complexity index is 3240. The third-order valence-electron chi connectivity index (χ3n) is 11.6. The largest absolute Gasteiger partial charge is 0.309 e. The maximum absolute atomic E-state index is 2.46. The van der Waals surface area contributed by atoms with Crippen molar-refractivity contribution in [1.82, 2.24) is 9.13 Å². The van der Waals surface area contributed by atoms with Crippen LogP contribution in [0.3, 0.4) is 0 Å². The van der Waals surface area contributed by atoms with Gasteiger partial charge in [0.25, 0.3) is 0 Å². The number of para-hydroxylation sites is 2. The molecular formula is C52H32N2. The summed E-state index contributed by atoms with van der Waals surface area (Å²) in [7, 11) is 0. The Morgan fingerprint density at radius 3 is 1.43 bits per heavy atom. The van der Waals surface area contributed by atoms with E-state index in [0.29, 0.717) is 0 Å². The molecule has 0 spiro atoms. The summed E-state index contributed by atoms with van der Waals surface area (Å²) in [5.41, 5.74) is 17.3. The summed E-state index contributed by atoms with van der Waals surface area (Å²) >= 11 is 0. The Kier molecular flexibility index (Phi) is 6.09. The van der Waals surface area contributed by atoms with Gasteiger partial charge in [-0.2, -0.15) is 0 Å². The van der Waals surface area contributed by atoms with Gasteiger partial charge in [0.15, 0.2) is 0 Å². The molecule has 1 aliphatic rings. The van der Waals surface area contributed by atoms with E-state index in [1.807, 2.05) is 0 Å². The molecule has 0 unspecified atom stereocenters. The van der Waals surface area contributed by atoms with Crippen LogP contribution >= 0.6 is 0 Å². The first-order valence-electron chi connectivity index (χ1n) is 18.7. The van der Waals surface area contributed by atoms with Gasteiger partial charge >= 0.3 is 0 Å². The summed E-state index contributed by atoms with van der Waals surface area (Å²) in [6.07, 6.45) is 0. The van der Waals surface area contributed by atoms with Gasteiger partial charge < -0.3 is 9.13 Å². The van der Waals surface area contributed by atoms with Gasteiger partial charge in [0.05, 0.1) is 22.1 Å². The van der Waals surface area contributed by atoms with E-state index in [1.165, 1.54) is 105 Å². The number of nitrogens with zero attached hydrogens (tertiary/aromatic N) is 2. The Hall–Kier alpha value is -7.16. The number of hydrogen-bond donors (Lipinski definition) is 0. The molecule has 12 rings (SSSR count). The summed E-state index contributed by atoms with van der Waals surface area (Å²) in [5.74, 6) is 0. The van der Waals surface area contributed by atoms with Crippen molar-refractivity contribution in [3.05, 3.63) is 194 Å². The van der Waals surface area contributed by atoms with Crippen molar-refractivity contribution in [2.45, 2.75) is 0 Å². The quantitative estimate of drug-likeness (QED) is 0.175. The average Bonchev–Trinajstić information content (AvgIpc) is 3.73. The van der Waals surface area contributed by atoms with Gasteiger partial charge in [-0.1, -0.05) is 133 Å². The van der Waals surface area contributed by atoms with E-state index < -0.39 is 0 Å². The molecule has 2 aromatic heterocycles. The van der Waals surface area contributed by atoms with Gasteiger partial charge in [0.1, 0.15) is 0 Å². The van der Waals surface area contributed by atoms with E-state index in [1.54, 1.807) is 0 Å². The predicted molar refractivity (Wildman–Crippen MR) is 228 cm³/mol. The first-order chi connectivity index (χ1) is 26.8. The van der Waals surface area contributed by atoms with Crippen molar-refractivity contribution >= 4 is 54.4 Å². The molecular weight excluding hydrogens is 653 g/mol. The summed E-state index contributed by atoms with van der Waals surface area (Å²) in [6.45, 7) is 0. The number of hydrogen-bond acceptors (Lipinski definition) is 0. The lowest BCUT2D eigenvalue weighted by Crippen LogP contribution is -1.95. The van der Waals surface area contributed by atoms with Crippen molar-refractivity contribution < 1.29 is 0 Å². The van der Waals surface area contributed by atoms with Crippen molar-refractivity contribution in [3.63, 3.8) is 0 Å². The highest BCUT2D eigenvalue weighted by atomic mass is 15.0. The van der Waals surface area contributed by atoms with E-state index in [4.69, 9.17) is 0 Å². The zero-order chi connectivity index (χ0) is 35.3. The van der Waals surface area contributed by atoms with Crippen LogP contribution in [0.1, 0.15) is 0 Å². The van der Waals surface area contributed by atoms with Gasteiger partial charge in [0, 0.05) is 32.9 Å². The summed E-state index contributed by atoms with van der Waals surface area (Å²) < 4.78 is 4.84. The van der Waals surface area contributed by atoms with Crippen molar-refractivity contribution in [1.29, 1.82) is 0 Å². The highest BCUT2D eigenvalue weighted by Crippen LogP contribution is 2.50. The zero-order valence-electron chi connectivity index (χ0n) is 29.4. The molecule has 2 heteroatoms. The molecule has 0 radical (unpaired) electrons. The lowest BCUT2D eigenvalue weighted by Gasteiger charge is -2.15. The Morgan fingerprint density at radius 1 is 0.259 bits per heavy atom. The van der Waals surface area contributed by atoms with E-state index in [9.17, 15) is 0 Å². The molecule has 250 valence electrons. The second-order valence-corrected chi connectivity index (χ2v) is 14.5. The maximum atomic E-state index is 2.46. The molecule has 0 amide bonds. The lowest BCUT2D eigenvalue weighted by atomic mass is 9.90. The fraction of sp³-hybridized carbons (Fsp3) is 0. The van der Waals surface area contributed by atoms with Crippen molar-refractivity contribution in [2.75, 3.05) is 0 Å². The van der Waals surface area contributed by atoms with Crippen LogP contribution in [-0.4, -0.2) is 9.13 Å². The minimum Gasteiger partial charge on any atom is -0.309 e. The second-order valence-electron chi connectivity index (χ2n) is 14.5. The first-order valence-corrected chi connectivity index (χ1v) is 18.7. The number of rotatable bonds is 4. The zero-order valence-corrected chi connectivity index (χ0v) is 29.4. The molecule has 2 heterocycles. The molecule has 0 fully saturated rings. The lowest BCUT2D eigenvalue weighted by molar-refractivity contribution is 1.18. The highest BCUT2D eigenvalue weighted by Gasteiger charge is 2.25. The van der Waals surface area contributed by atoms with Crippen LogP contribution in [0.5, 0.6) is 0 Å². The molecule has 9 aromatic carbocycles. The van der Waals surface area contributed by atoms with Gasteiger partial charge in [-0.25, -0.2) is 0 Å². The first kappa shape index (κ1) is 29.4. The fourth-order valence-electron chi connectivity index (χ4n) is 9.29. The molecule has 1 aliphatic carbocycles. The molecule has 0 aliphatic heterocycles. The van der Waals surface area contributed by atoms with Gasteiger partial charge in [-0.05, 0) is 116 Å². The number of aromatic nitrogens is 2. The summed E-state index contributed by atoms with van der Waals surface area (Å²) in [6, 6.07) is 71.4. The third-order valence-corrected chi connectivity index (χ3v) is 11.6. The van der Waals surface area contributed by atoms with E-state index >= 15 is 0 Å². The van der Waals surface area contributed by atoms with Gasteiger partial charge in [0.2, 0.25) is 0 Å². The van der Waals surface area contributed by atoms with Crippen LogP contribution in [0.15, 0.2) is 194 Å². The Morgan fingerprint density at radius 2 is 0.759 bits per heavy atom. The van der Waals surface area contributed by atoms with E-state index in [0.717, 1.165) is 5.69 Å². The van der Waals surface area contributed by atoms with Crippen LogP contribution in [0.4, 0.5) is 0 Å². The summed E-state index contributed by atoms with van der Waals surface area (Å²) in [5, 5.41) is 7.80. The molecule has 0 saturated heterocycles. The molecule has 11 aromatic rings. The molecule has 0 saturated carbocycles. The molecule has 0 bridgehead atoms. The Labute approximate surface area is 312 Å². The number of benzene rings is 9. The van der Waals surface area contributed by atoms with Crippen molar-refractivity contribution in [2.24, 2.45) is 0 Å². The SMILES string of the molecule is c1ccc(-c2cc3c4c(ccc5c4c4c(cccc4n5-c4ccc(-c5ccc(-n6c7ccccc7c7ccccc76)cc5)cc4)-c4ccccc4-3)c2)cc1. The van der Waals surface area contributed by atoms with E-state index in [-0.39, 0.29) is 0 Å². The van der Waals surface area contributed by atoms with Gasteiger partial charge in [-0.3, -0.25) is 0 Å². The smallest absolute Gasteiger partial charge is 0.0547 e. The second kappa shape index (κ2) is 11.2. The Balaban J connectivity index is 1.01. The average molecular weight is 685 g/mol. The minimum atomic E-state index is 1.16.